The van der Waals surface area contributed by atoms with E-state index in [1.54, 1.807) is 0 Å². The average molecular weight is 160 g/mol. The van der Waals surface area contributed by atoms with Crippen LogP contribution < -0.4 is 0 Å². The minimum absolute atomic E-state index is 0. The predicted octanol–water partition coefficient (Wildman–Crippen LogP) is -0.201. The lowest BCUT2D eigenvalue weighted by molar-refractivity contribution is -0.924. The Morgan fingerprint density at radius 1 is 0.818 bits per heavy atom. The molecule has 0 unspecified atom stereocenters. The quantitative estimate of drug-likeness (QED) is 0.440. The normalized spacial score (nSPS) is 25.8. The van der Waals surface area contributed by atoms with Gasteiger partial charge in [-0.2, -0.15) is 0 Å². The molecule has 0 saturated heterocycles. The van der Waals surface area contributed by atoms with Gasteiger partial charge in [-0.15, -0.1) is 0 Å². The summed E-state index contributed by atoms with van der Waals surface area (Å²) >= 11 is 0. The van der Waals surface area contributed by atoms with Gasteiger partial charge in [-0.3, -0.25) is 8.97 Å². The van der Waals surface area contributed by atoms with Gasteiger partial charge in [0.1, 0.15) is 25.5 Å². The third-order valence-corrected chi connectivity index (χ3v) is 2.13. The van der Waals surface area contributed by atoms with Crippen molar-refractivity contribution in [2.45, 2.75) is 0 Å². The van der Waals surface area contributed by atoms with Crippen molar-refractivity contribution in [1.82, 2.24) is 0 Å². The minimum atomic E-state index is 0. The molecule has 0 aromatic carbocycles. The van der Waals surface area contributed by atoms with Crippen LogP contribution >= 0.6 is 0 Å². The molecule has 0 amide bonds. The molecule has 3 nitrogen and oxygen atoms in total. The highest BCUT2D eigenvalue weighted by Crippen LogP contribution is 2.11. The van der Waals surface area contributed by atoms with Crippen LogP contribution in [0.4, 0.5) is 0 Å². The van der Waals surface area contributed by atoms with Crippen molar-refractivity contribution < 1.29 is 14.4 Å². The van der Waals surface area contributed by atoms with Crippen molar-refractivity contribution in [2.75, 3.05) is 41.3 Å². The van der Waals surface area contributed by atoms with E-state index < -0.39 is 0 Å². The van der Waals surface area contributed by atoms with Crippen LogP contribution in [-0.4, -0.2) is 55.7 Å². The Hall–Kier alpha value is -0.380. The first kappa shape index (κ1) is 10.6. The monoisotopic (exact) mass is 160 g/mol. The van der Waals surface area contributed by atoms with Gasteiger partial charge >= 0.3 is 0 Å². The molecule has 0 aromatic rings. The molecular weight excluding hydrogens is 140 g/mol. The van der Waals surface area contributed by atoms with Gasteiger partial charge in [-0.05, 0) is 0 Å². The first-order valence-corrected chi connectivity index (χ1v) is 3.77. The van der Waals surface area contributed by atoms with Crippen LogP contribution in [0.15, 0.2) is 12.4 Å². The molecule has 1 rings (SSSR count). The zero-order valence-electron chi connectivity index (χ0n) is 7.96. The van der Waals surface area contributed by atoms with Crippen LogP contribution in [0, 0.1) is 0 Å². The van der Waals surface area contributed by atoms with Crippen molar-refractivity contribution in [2.24, 2.45) is 0 Å². The van der Waals surface area contributed by atoms with Gasteiger partial charge in [0.2, 0.25) is 0 Å². The largest absolute Gasteiger partial charge is 0.412 e. The van der Waals surface area contributed by atoms with E-state index in [-0.39, 0.29) is 5.48 Å². The summed E-state index contributed by atoms with van der Waals surface area (Å²) < 4.78 is 2.06. The Kier molecular flexibility index (Phi) is 2.83. The van der Waals surface area contributed by atoms with E-state index in [2.05, 4.69) is 40.6 Å². The second kappa shape index (κ2) is 2.93. The van der Waals surface area contributed by atoms with Crippen LogP contribution in [0.3, 0.4) is 0 Å². The number of quaternary nitrogens is 2. The summed E-state index contributed by atoms with van der Waals surface area (Å²) in [5.41, 5.74) is 0. The van der Waals surface area contributed by atoms with Crippen molar-refractivity contribution in [1.29, 1.82) is 0 Å². The topological polar surface area (TPSA) is 31.5 Å². The standard InChI is InChI=1S/C8H18N2.H2O/c1-9(2)5-7-10(3,4)8-6-9;/h5,7H,6,8H2,1-4H3;1H2/q+2;. The lowest BCUT2D eigenvalue weighted by atomic mass is 10.3. The molecule has 0 saturated carbocycles. The van der Waals surface area contributed by atoms with Crippen molar-refractivity contribution in [3.63, 3.8) is 0 Å². The fourth-order valence-corrected chi connectivity index (χ4v) is 1.03. The molecular formula is C8H20N2O+2. The molecule has 0 fully saturated rings. The number of hydrogen-bond donors (Lipinski definition) is 0. The smallest absolute Gasteiger partial charge is 0.149 e. The van der Waals surface area contributed by atoms with Gasteiger partial charge in [0.15, 0.2) is 0 Å². The van der Waals surface area contributed by atoms with Crippen LogP contribution in [0.1, 0.15) is 0 Å². The second-order valence-corrected chi connectivity index (χ2v) is 4.30. The van der Waals surface area contributed by atoms with Gasteiger partial charge in [0, 0.05) is 0 Å². The first-order valence-electron chi connectivity index (χ1n) is 3.77. The summed E-state index contributed by atoms with van der Waals surface area (Å²) in [4.78, 5) is 0. The summed E-state index contributed by atoms with van der Waals surface area (Å²) in [7, 11) is 8.93. The highest BCUT2D eigenvalue weighted by molar-refractivity contribution is 4.67. The van der Waals surface area contributed by atoms with Crippen LogP contribution in [0.2, 0.25) is 0 Å². The molecule has 0 spiro atoms. The van der Waals surface area contributed by atoms with Crippen molar-refractivity contribution in [3.8, 4) is 0 Å². The zero-order valence-corrected chi connectivity index (χ0v) is 7.96. The third kappa shape index (κ3) is 3.01. The van der Waals surface area contributed by atoms with E-state index in [0.29, 0.717) is 0 Å². The highest BCUT2D eigenvalue weighted by atomic mass is 16.0. The third-order valence-electron chi connectivity index (χ3n) is 2.13. The molecule has 3 heteroatoms. The molecule has 0 bridgehead atoms. The summed E-state index contributed by atoms with van der Waals surface area (Å²) in [5.74, 6) is 0. The molecule has 1 heterocycles. The van der Waals surface area contributed by atoms with Gasteiger partial charge < -0.3 is 5.48 Å². The molecule has 0 radical (unpaired) electrons. The van der Waals surface area contributed by atoms with E-state index >= 15 is 0 Å². The summed E-state index contributed by atoms with van der Waals surface area (Å²) in [6.07, 6.45) is 4.53. The Morgan fingerprint density at radius 3 is 1.27 bits per heavy atom. The Balaban J connectivity index is 0.000001000. The van der Waals surface area contributed by atoms with Crippen LogP contribution in [-0.2, 0) is 0 Å². The van der Waals surface area contributed by atoms with E-state index in [4.69, 9.17) is 0 Å². The molecule has 11 heavy (non-hydrogen) atoms. The molecule has 1 aliphatic heterocycles. The minimum Gasteiger partial charge on any atom is -0.412 e. The molecule has 0 aromatic heterocycles. The van der Waals surface area contributed by atoms with E-state index in [9.17, 15) is 0 Å². The molecule has 2 N–H and O–H groups in total. The first-order chi connectivity index (χ1) is 4.41. The molecule has 66 valence electrons. The fourth-order valence-electron chi connectivity index (χ4n) is 1.03. The van der Waals surface area contributed by atoms with Crippen molar-refractivity contribution >= 4 is 0 Å². The average Bonchev–Trinajstić information content (AvgIpc) is 1.79. The Bertz CT molecular complexity index is 143. The van der Waals surface area contributed by atoms with Gasteiger partial charge in [-0.1, -0.05) is 0 Å². The van der Waals surface area contributed by atoms with Gasteiger partial charge in [0.25, 0.3) is 0 Å². The fraction of sp³-hybridized carbons (Fsp3) is 0.750. The molecule has 0 aliphatic carbocycles. The summed E-state index contributed by atoms with van der Waals surface area (Å²) in [6, 6.07) is 0. The second-order valence-electron chi connectivity index (χ2n) is 4.30. The number of likely N-dealkylation sites (N-methyl/N-ethyl adjacent to an activating group) is 2. The predicted molar refractivity (Wildman–Crippen MR) is 46.7 cm³/mol. The van der Waals surface area contributed by atoms with Crippen molar-refractivity contribution in [3.05, 3.63) is 12.4 Å². The Morgan fingerprint density at radius 2 is 1.09 bits per heavy atom. The maximum atomic E-state index is 2.27. The lowest BCUT2D eigenvalue weighted by Crippen LogP contribution is -2.50. The molecule has 1 aliphatic rings. The van der Waals surface area contributed by atoms with Crippen LogP contribution in [0.5, 0.6) is 0 Å². The van der Waals surface area contributed by atoms with E-state index in [1.165, 1.54) is 13.1 Å². The summed E-state index contributed by atoms with van der Waals surface area (Å²) in [6.45, 7) is 2.48. The lowest BCUT2D eigenvalue weighted by Gasteiger charge is -2.35. The van der Waals surface area contributed by atoms with E-state index in [0.717, 1.165) is 8.97 Å². The van der Waals surface area contributed by atoms with Crippen LogP contribution in [0.25, 0.3) is 0 Å². The van der Waals surface area contributed by atoms with Gasteiger partial charge in [-0.25, -0.2) is 0 Å². The number of nitrogens with zero attached hydrogens (tertiary/aromatic N) is 2. The number of rotatable bonds is 0. The SMILES string of the molecule is C[N+]1(C)C=C[N+](C)(C)CC1.O. The van der Waals surface area contributed by atoms with E-state index in [1.807, 2.05) is 0 Å². The maximum absolute atomic E-state index is 2.27. The highest BCUT2D eigenvalue weighted by Gasteiger charge is 2.25. The van der Waals surface area contributed by atoms with Gasteiger partial charge in [0.05, 0.1) is 28.2 Å². The zero-order chi connectivity index (χ0) is 7.83. The summed E-state index contributed by atoms with van der Waals surface area (Å²) in [5, 5.41) is 0. The molecule has 0 atom stereocenters. The number of hydrogen-bond acceptors (Lipinski definition) is 0. The maximum Gasteiger partial charge on any atom is 0.149 e. The Labute approximate surface area is 69.0 Å².